The number of nitrogens with zero attached hydrogens (tertiary/aromatic N) is 1. The highest BCUT2D eigenvalue weighted by atomic mass is 35.5. The SMILES string of the molecule is COC1CCCc2nccc(Cl)c21. The lowest BCUT2D eigenvalue weighted by Gasteiger charge is -2.24. The summed E-state index contributed by atoms with van der Waals surface area (Å²) in [6, 6.07) is 1.83. The summed E-state index contributed by atoms with van der Waals surface area (Å²) >= 11 is 6.10. The number of pyridine rings is 1. The number of halogens is 1. The summed E-state index contributed by atoms with van der Waals surface area (Å²) in [6.45, 7) is 0. The molecule has 1 atom stereocenters. The maximum absolute atomic E-state index is 6.10. The van der Waals surface area contributed by atoms with Crippen LogP contribution in [-0.4, -0.2) is 12.1 Å². The predicted molar refractivity (Wildman–Crippen MR) is 51.9 cm³/mol. The average molecular weight is 198 g/mol. The number of aryl methyl sites for hydroxylation is 1. The van der Waals surface area contributed by atoms with Crippen LogP contribution in [0.4, 0.5) is 0 Å². The Morgan fingerprint density at radius 2 is 2.46 bits per heavy atom. The Morgan fingerprint density at radius 3 is 3.23 bits per heavy atom. The van der Waals surface area contributed by atoms with Gasteiger partial charge in [-0.2, -0.15) is 0 Å². The maximum Gasteiger partial charge on any atom is 0.0853 e. The predicted octanol–water partition coefficient (Wildman–Crippen LogP) is 2.76. The Balaban J connectivity index is 2.47. The van der Waals surface area contributed by atoms with Crippen molar-refractivity contribution in [2.75, 3.05) is 7.11 Å². The molecule has 0 saturated carbocycles. The molecule has 2 rings (SSSR count). The third-order valence-electron chi connectivity index (χ3n) is 2.51. The summed E-state index contributed by atoms with van der Waals surface area (Å²) in [7, 11) is 1.73. The first-order chi connectivity index (χ1) is 6.33. The molecule has 1 aliphatic rings. The molecule has 1 unspecified atom stereocenters. The van der Waals surface area contributed by atoms with E-state index in [-0.39, 0.29) is 6.10 Å². The lowest BCUT2D eigenvalue weighted by molar-refractivity contribution is 0.0874. The molecule has 1 aromatic rings. The van der Waals surface area contributed by atoms with Crippen molar-refractivity contribution in [2.45, 2.75) is 25.4 Å². The van der Waals surface area contributed by atoms with Crippen molar-refractivity contribution < 1.29 is 4.74 Å². The molecule has 0 N–H and O–H groups in total. The minimum Gasteiger partial charge on any atom is -0.377 e. The van der Waals surface area contributed by atoms with Gasteiger partial charge in [0.1, 0.15) is 0 Å². The average Bonchev–Trinajstić information content (AvgIpc) is 2.17. The molecule has 0 aromatic carbocycles. The smallest absolute Gasteiger partial charge is 0.0853 e. The molecule has 1 aromatic heterocycles. The minimum absolute atomic E-state index is 0.143. The van der Waals surface area contributed by atoms with Crippen LogP contribution < -0.4 is 0 Å². The number of hydrogen-bond donors (Lipinski definition) is 0. The molecular formula is C10H12ClNO. The van der Waals surface area contributed by atoms with Crippen LogP contribution in [-0.2, 0) is 11.2 Å². The second-order valence-corrected chi connectivity index (χ2v) is 3.68. The van der Waals surface area contributed by atoms with E-state index in [0.717, 1.165) is 35.5 Å². The van der Waals surface area contributed by atoms with Crippen molar-refractivity contribution in [3.05, 3.63) is 28.5 Å². The fraction of sp³-hybridized carbons (Fsp3) is 0.500. The van der Waals surface area contributed by atoms with Crippen molar-refractivity contribution in [1.82, 2.24) is 4.98 Å². The standard InChI is InChI=1S/C10H12ClNO/c1-13-9-4-2-3-8-10(9)7(11)5-6-12-8/h5-6,9H,2-4H2,1H3. The van der Waals surface area contributed by atoms with Gasteiger partial charge in [0, 0.05) is 29.6 Å². The van der Waals surface area contributed by atoms with Crippen LogP contribution in [0.15, 0.2) is 12.3 Å². The second-order valence-electron chi connectivity index (χ2n) is 3.27. The van der Waals surface area contributed by atoms with E-state index in [2.05, 4.69) is 4.98 Å². The summed E-state index contributed by atoms with van der Waals surface area (Å²) < 4.78 is 5.37. The third kappa shape index (κ3) is 1.56. The van der Waals surface area contributed by atoms with Crippen LogP contribution in [0.2, 0.25) is 5.02 Å². The van der Waals surface area contributed by atoms with Crippen molar-refractivity contribution in [2.24, 2.45) is 0 Å². The van der Waals surface area contributed by atoms with E-state index in [1.807, 2.05) is 6.07 Å². The molecule has 0 saturated heterocycles. The van der Waals surface area contributed by atoms with Crippen molar-refractivity contribution >= 4 is 11.6 Å². The molecule has 0 bridgehead atoms. The quantitative estimate of drug-likeness (QED) is 0.691. The van der Waals surface area contributed by atoms with Gasteiger partial charge in [-0.05, 0) is 25.3 Å². The number of fused-ring (bicyclic) bond motifs is 1. The molecule has 2 nitrogen and oxygen atoms in total. The van der Waals surface area contributed by atoms with Crippen LogP contribution in [0.25, 0.3) is 0 Å². The van der Waals surface area contributed by atoms with Crippen molar-refractivity contribution in [3.8, 4) is 0 Å². The largest absolute Gasteiger partial charge is 0.377 e. The molecule has 0 amide bonds. The zero-order valence-corrected chi connectivity index (χ0v) is 8.34. The number of ether oxygens (including phenoxy) is 1. The van der Waals surface area contributed by atoms with Gasteiger partial charge in [0.15, 0.2) is 0 Å². The maximum atomic E-state index is 6.10. The first-order valence-electron chi connectivity index (χ1n) is 4.49. The molecule has 0 fully saturated rings. The number of aromatic nitrogens is 1. The molecule has 3 heteroatoms. The Hall–Kier alpha value is -0.600. The Kier molecular flexibility index (Phi) is 2.51. The minimum atomic E-state index is 0.143. The van der Waals surface area contributed by atoms with Gasteiger partial charge in [0.05, 0.1) is 6.10 Å². The first-order valence-corrected chi connectivity index (χ1v) is 4.87. The van der Waals surface area contributed by atoms with Gasteiger partial charge < -0.3 is 4.74 Å². The topological polar surface area (TPSA) is 22.1 Å². The lowest BCUT2D eigenvalue weighted by atomic mass is 9.93. The Bertz CT molecular complexity index is 314. The lowest BCUT2D eigenvalue weighted by Crippen LogP contribution is -2.13. The molecule has 0 aliphatic heterocycles. The Morgan fingerprint density at radius 1 is 1.62 bits per heavy atom. The van der Waals surface area contributed by atoms with Crippen LogP contribution in [0.3, 0.4) is 0 Å². The van der Waals surface area contributed by atoms with Crippen molar-refractivity contribution in [1.29, 1.82) is 0 Å². The van der Waals surface area contributed by atoms with E-state index in [1.165, 1.54) is 0 Å². The van der Waals surface area contributed by atoms with Crippen LogP contribution in [0.1, 0.15) is 30.2 Å². The summed E-state index contributed by atoms with van der Waals surface area (Å²) in [5, 5.41) is 0.788. The summed E-state index contributed by atoms with van der Waals surface area (Å²) in [5.41, 5.74) is 2.20. The summed E-state index contributed by atoms with van der Waals surface area (Å²) in [6.07, 6.45) is 5.12. The molecule has 1 heterocycles. The van der Waals surface area contributed by atoms with E-state index in [0.29, 0.717) is 0 Å². The van der Waals surface area contributed by atoms with Crippen molar-refractivity contribution in [3.63, 3.8) is 0 Å². The number of hydrogen-bond acceptors (Lipinski definition) is 2. The van der Waals surface area contributed by atoms with E-state index in [4.69, 9.17) is 16.3 Å². The van der Waals surface area contributed by atoms with Gasteiger partial charge in [0.25, 0.3) is 0 Å². The highest BCUT2D eigenvalue weighted by Gasteiger charge is 2.22. The Labute approximate surface area is 82.9 Å². The molecular weight excluding hydrogens is 186 g/mol. The monoisotopic (exact) mass is 197 g/mol. The summed E-state index contributed by atoms with van der Waals surface area (Å²) in [5.74, 6) is 0. The van der Waals surface area contributed by atoms with Gasteiger partial charge in [-0.15, -0.1) is 0 Å². The number of methoxy groups -OCH3 is 1. The van der Waals surface area contributed by atoms with Gasteiger partial charge in [-0.3, -0.25) is 4.98 Å². The van der Waals surface area contributed by atoms with E-state index in [1.54, 1.807) is 13.3 Å². The number of rotatable bonds is 1. The van der Waals surface area contributed by atoms with E-state index < -0.39 is 0 Å². The second kappa shape index (κ2) is 3.64. The normalized spacial score (nSPS) is 21.2. The highest BCUT2D eigenvalue weighted by Crippen LogP contribution is 2.35. The molecule has 70 valence electrons. The van der Waals surface area contributed by atoms with Gasteiger partial charge in [-0.1, -0.05) is 11.6 Å². The van der Waals surface area contributed by atoms with Gasteiger partial charge in [-0.25, -0.2) is 0 Å². The first kappa shape index (κ1) is 8.97. The van der Waals surface area contributed by atoms with Crippen LogP contribution >= 0.6 is 11.6 Å². The summed E-state index contributed by atoms with van der Waals surface area (Å²) in [4.78, 5) is 4.31. The zero-order chi connectivity index (χ0) is 9.26. The van der Waals surface area contributed by atoms with E-state index >= 15 is 0 Å². The molecule has 1 aliphatic carbocycles. The molecule has 0 spiro atoms. The van der Waals surface area contributed by atoms with E-state index in [9.17, 15) is 0 Å². The third-order valence-corrected chi connectivity index (χ3v) is 2.84. The fourth-order valence-corrected chi connectivity index (χ4v) is 2.15. The molecule has 0 radical (unpaired) electrons. The van der Waals surface area contributed by atoms with Gasteiger partial charge in [0.2, 0.25) is 0 Å². The highest BCUT2D eigenvalue weighted by molar-refractivity contribution is 6.31. The van der Waals surface area contributed by atoms with Gasteiger partial charge >= 0.3 is 0 Å². The molecule has 13 heavy (non-hydrogen) atoms. The fourth-order valence-electron chi connectivity index (χ4n) is 1.86. The van der Waals surface area contributed by atoms with Crippen LogP contribution in [0.5, 0.6) is 0 Å². The zero-order valence-electron chi connectivity index (χ0n) is 7.59. The van der Waals surface area contributed by atoms with Crippen LogP contribution in [0, 0.1) is 0 Å².